The van der Waals surface area contributed by atoms with Crippen LogP contribution >= 0.6 is 0 Å². The fourth-order valence-corrected chi connectivity index (χ4v) is 3.36. The van der Waals surface area contributed by atoms with Crippen molar-refractivity contribution in [3.63, 3.8) is 0 Å². The minimum atomic E-state index is -4.76. The third-order valence-corrected chi connectivity index (χ3v) is 5.13. The molecule has 31 heavy (non-hydrogen) atoms. The summed E-state index contributed by atoms with van der Waals surface area (Å²) in [4.78, 5) is 16.0. The topological polar surface area (TPSA) is 50.6 Å². The van der Waals surface area contributed by atoms with Gasteiger partial charge in [-0.25, -0.2) is 0 Å². The molecule has 0 bridgehead atoms. The summed E-state index contributed by atoms with van der Waals surface area (Å²) in [5, 5.41) is 3.55. The highest BCUT2D eigenvalue weighted by molar-refractivity contribution is 5.76. The van der Waals surface area contributed by atoms with E-state index in [1.54, 1.807) is 0 Å². The quantitative estimate of drug-likeness (QED) is 0.666. The van der Waals surface area contributed by atoms with Gasteiger partial charge in [0, 0.05) is 43.1 Å². The van der Waals surface area contributed by atoms with Crippen LogP contribution in [0.1, 0.15) is 17.0 Å². The van der Waals surface area contributed by atoms with Crippen molar-refractivity contribution in [1.82, 2.24) is 14.7 Å². The molecule has 2 heterocycles. The zero-order chi connectivity index (χ0) is 23.0. The number of hydrogen-bond acceptors (Lipinski definition) is 4. The van der Waals surface area contributed by atoms with Crippen LogP contribution in [-0.2, 0) is 17.5 Å². The lowest BCUT2D eigenvalue weighted by Gasteiger charge is -2.36. The number of rotatable bonds is 4. The fourth-order valence-electron chi connectivity index (χ4n) is 3.36. The lowest BCUT2D eigenvalue weighted by Crippen LogP contribution is -2.49. The summed E-state index contributed by atoms with van der Waals surface area (Å²) in [5.74, 6) is -0.680. The summed E-state index contributed by atoms with van der Waals surface area (Å²) in [6.07, 6.45) is -9.35. The van der Waals surface area contributed by atoms with Crippen molar-refractivity contribution in [2.24, 2.45) is 0 Å². The third-order valence-electron chi connectivity index (χ3n) is 5.13. The Morgan fingerprint density at radius 2 is 1.58 bits per heavy atom. The Morgan fingerprint density at radius 3 is 2.06 bits per heavy atom. The van der Waals surface area contributed by atoms with E-state index in [0.29, 0.717) is 31.9 Å². The normalized spacial score (nSPS) is 15.4. The maximum absolute atomic E-state index is 13.0. The molecule has 1 aliphatic heterocycles. The first kappa shape index (κ1) is 22.8. The Morgan fingerprint density at radius 1 is 1.00 bits per heavy atom. The molecule has 0 unspecified atom stereocenters. The molecule has 1 aromatic heterocycles. The molecule has 12 heteroatoms. The zero-order valence-electron chi connectivity index (χ0n) is 16.7. The molecule has 1 aromatic carbocycles. The molecule has 0 N–H and O–H groups in total. The van der Waals surface area contributed by atoms with E-state index in [0.717, 1.165) is 4.68 Å². The number of anilines is 1. The van der Waals surface area contributed by atoms with Crippen molar-refractivity contribution in [3.05, 3.63) is 41.2 Å². The maximum atomic E-state index is 13.0. The monoisotopic (exact) mass is 450 g/mol. The molecule has 0 atom stereocenters. The largest absolute Gasteiger partial charge is 0.573 e. The number of halogens is 6. The molecule has 1 amide bonds. The van der Waals surface area contributed by atoms with Gasteiger partial charge >= 0.3 is 12.5 Å². The Kier molecular flexibility index (Phi) is 6.10. The van der Waals surface area contributed by atoms with Gasteiger partial charge in [-0.05, 0) is 38.1 Å². The molecular weight excluding hydrogens is 430 g/mol. The fraction of sp³-hybridized carbons (Fsp3) is 0.474. The van der Waals surface area contributed by atoms with Crippen molar-refractivity contribution in [3.8, 4) is 5.75 Å². The van der Waals surface area contributed by atoms with E-state index in [-0.39, 0.29) is 29.5 Å². The molecule has 2 aromatic rings. The number of piperazine rings is 1. The van der Waals surface area contributed by atoms with E-state index in [1.165, 1.54) is 43.0 Å². The smallest absolute Gasteiger partial charge is 0.406 e. The van der Waals surface area contributed by atoms with Crippen molar-refractivity contribution in [1.29, 1.82) is 0 Å². The van der Waals surface area contributed by atoms with Crippen molar-refractivity contribution in [2.75, 3.05) is 31.1 Å². The van der Waals surface area contributed by atoms with Crippen LogP contribution < -0.4 is 9.64 Å². The highest BCUT2D eigenvalue weighted by Crippen LogP contribution is 2.32. The average molecular weight is 450 g/mol. The van der Waals surface area contributed by atoms with Gasteiger partial charge < -0.3 is 14.5 Å². The standard InChI is InChI=1S/C19H20F6N4O2/c1-12-13(2)29(26-17(12)18(20,21)22)11-16(30)28-9-7-27(8-10-28)14-3-5-15(6-4-14)31-19(23,24)25/h3-6H,7-11H2,1-2H3. The Labute approximate surface area is 174 Å². The second kappa shape index (κ2) is 8.31. The second-order valence-corrected chi connectivity index (χ2v) is 7.12. The van der Waals surface area contributed by atoms with E-state index in [9.17, 15) is 31.1 Å². The summed E-state index contributed by atoms with van der Waals surface area (Å²) in [7, 11) is 0. The van der Waals surface area contributed by atoms with Crippen LogP contribution in [0.5, 0.6) is 5.75 Å². The van der Waals surface area contributed by atoms with Gasteiger partial charge in [0.25, 0.3) is 0 Å². The van der Waals surface area contributed by atoms with Gasteiger partial charge in [0.1, 0.15) is 12.3 Å². The number of nitrogens with zero attached hydrogens (tertiary/aromatic N) is 4. The molecule has 170 valence electrons. The van der Waals surface area contributed by atoms with Crippen LogP contribution in [0.2, 0.25) is 0 Å². The van der Waals surface area contributed by atoms with Gasteiger partial charge in [0.15, 0.2) is 5.69 Å². The molecule has 1 fully saturated rings. The number of ether oxygens (including phenoxy) is 1. The van der Waals surface area contributed by atoms with Crippen LogP contribution in [0.3, 0.4) is 0 Å². The van der Waals surface area contributed by atoms with E-state index in [1.807, 2.05) is 4.90 Å². The number of hydrogen-bond donors (Lipinski definition) is 0. The lowest BCUT2D eigenvalue weighted by molar-refractivity contribution is -0.274. The van der Waals surface area contributed by atoms with Crippen LogP contribution in [0.25, 0.3) is 0 Å². The Hall–Kier alpha value is -2.92. The number of amides is 1. The van der Waals surface area contributed by atoms with E-state index in [4.69, 9.17) is 0 Å². The highest BCUT2D eigenvalue weighted by atomic mass is 19.4. The Balaban J connectivity index is 1.58. The summed E-state index contributed by atoms with van der Waals surface area (Å²) in [5.41, 5.74) is -0.0564. The van der Waals surface area contributed by atoms with Gasteiger partial charge in [-0.1, -0.05) is 0 Å². The van der Waals surface area contributed by atoms with Gasteiger partial charge in [0.05, 0.1) is 0 Å². The first-order chi connectivity index (χ1) is 14.3. The van der Waals surface area contributed by atoms with Gasteiger partial charge in [-0.3, -0.25) is 9.48 Å². The van der Waals surface area contributed by atoms with Crippen molar-refractivity contribution < 1.29 is 35.9 Å². The van der Waals surface area contributed by atoms with Crippen LogP contribution in [0.15, 0.2) is 24.3 Å². The molecule has 3 rings (SSSR count). The molecule has 0 radical (unpaired) electrons. The van der Waals surface area contributed by atoms with Gasteiger partial charge in [0.2, 0.25) is 5.91 Å². The van der Waals surface area contributed by atoms with E-state index in [2.05, 4.69) is 9.84 Å². The minimum absolute atomic E-state index is 0.0110. The molecule has 0 saturated carbocycles. The highest BCUT2D eigenvalue weighted by Gasteiger charge is 2.37. The van der Waals surface area contributed by atoms with Crippen LogP contribution in [0, 0.1) is 13.8 Å². The minimum Gasteiger partial charge on any atom is -0.406 e. The zero-order valence-corrected chi connectivity index (χ0v) is 16.7. The van der Waals surface area contributed by atoms with Crippen molar-refractivity contribution in [2.45, 2.75) is 32.9 Å². The molecule has 0 spiro atoms. The molecular formula is C19H20F6N4O2. The summed E-state index contributed by atoms with van der Waals surface area (Å²) in [6, 6.07) is 5.41. The predicted octanol–water partition coefficient (Wildman–Crippen LogP) is 3.77. The first-order valence-corrected chi connectivity index (χ1v) is 9.35. The van der Waals surface area contributed by atoms with E-state index >= 15 is 0 Å². The number of carbonyl (C=O) groups excluding carboxylic acids is 1. The molecule has 1 saturated heterocycles. The number of carbonyl (C=O) groups is 1. The average Bonchev–Trinajstić information content (AvgIpc) is 2.96. The first-order valence-electron chi connectivity index (χ1n) is 9.35. The lowest BCUT2D eigenvalue weighted by atomic mass is 10.2. The summed E-state index contributed by atoms with van der Waals surface area (Å²) < 4.78 is 80.7. The second-order valence-electron chi connectivity index (χ2n) is 7.12. The number of benzene rings is 1. The van der Waals surface area contributed by atoms with E-state index < -0.39 is 18.2 Å². The third kappa shape index (κ3) is 5.42. The number of alkyl halides is 6. The summed E-state index contributed by atoms with van der Waals surface area (Å²) in [6.45, 7) is 4.00. The maximum Gasteiger partial charge on any atom is 0.573 e. The van der Waals surface area contributed by atoms with Crippen molar-refractivity contribution >= 4 is 11.6 Å². The van der Waals surface area contributed by atoms with Crippen LogP contribution in [0.4, 0.5) is 32.0 Å². The predicted molar refractivity (Wildman–Crippen MR) is 98.6 cm³/mol. The molecule has 0 aliphatic carbocycles. The SMILES string of the molecule is Cc1c(C(F)(F)F)nn(CC(=O)N2CCN(c3ccc(OC(F)(F)F)cc3)CC2)c1C. The molecule has 6 nitrogen and oxygen atoms in total. The van der Waals surface area contributed by atoms with Gasteiger partial charge in [-0.15, -0.1) is 13.2 Å². The molecule has 1 aliphatic rings. The van der Waals surface area contributed by atoms with Gasteiger partial charge in [-0.2, -0.15) is 18.3 Å². The van der Waals surface area contributed by atoms with Crippen LogP contribution in [-0.4, -0.2) is 53.1 Å². The summed E-state index contributed by atoms with van der Waals surface area (Å²) >= 11 is 0. The number of aromatic nitrogens is 2. The Bertz CT molecular complexity index is 929.